The van der Waals surface area contributed by atoms with Gasteiger partial charge in [0.2, 0.25) is 5.82 Å². The zero-order valence-corrected chi connectivity index (χ0v) is 19.8. The van der Waals surface area contributed by atoms with Gasteiger partial charge in [-0.1, -0.05) is 72.7 Å². The van der Waals surface area contributed by atoms with Gasteiger partial charge in [-0.15, -0.1) is 15.3 Å². The van der Waals surface area contributed by atoms with Crippen molar-refractivity contribution < 1.29 is 14.0 Å². The zero-order chi connectivity index (χ0) is 24.7. The van der Waals surface area contributed by atoms with E-state index < -0.39 is 0 Å². The third kappa shape index (κ3) is 4.97. The third-order valence-corrected chi connectivity index (χ3v) is 5.38. The fraction of sp³-hybridized carbons (Fsp3) is 0.154. The molecule has 0 unspecified atom stereocenters. The summed E-state index contributed by atoms with van der Waals surface area (Å²) < 4.78 is 13.6. The molecule has 0 aliphatic rings. The van der Waals surface area contributed by atoms with Crippen LogP contribution in [0.25, 0.3) is 11.5 Å². The van der Waals surface area contributed by atoms with Gasteiger partial charge in [-0.25, -0.2) is 4.68 Å². The Balaban J connectivity index is 1.35. The van der Waals surface area contributed by atoms with Gasteiger partial charge in [-0.3, -0.25) is 0 Å². The normalized spacial score (nSPS) is 11.4. The summed E-state index contributed by atoms with van der Waals surface area (Å²) in [6.45, 7) is 2.06. The molecule has 0 atom stereocenters. The Morgan fingerprint density at radius 2 is 1.64 bits per heavy atom. The highest BCUT2D eigenvalue weighted by Gasteiger charge is 2.17. The van der Waals surface area contributed by atoms with E-state index in [4.69, 9.17) is 14.0 Å². The van der Waals surface area contributed by atoms with Gasteiger partial charge in [0.15, 0.2) is 12.3 Å². The summed E-state index contributed by atoms with van der Waals surface area (Å²) >= 11 is 0. The number of hydrogen-bond acceptors (Lipinski definition) is 9. The number of tetrazole rings is 1. The second-order valence-corrected chi connectivity index (χ2v) is 7.77. The second kappa shape index (κ2) is 10.6. The molecular weight excluding hydrogens is 458 g/mol. The maximum Gasteiger partial charge on any atom is 0.257 e. The maximum atomic E-state index is 6.21. The van der Waals surface area contributed by atoms with Crippen molar-refractivity contribution in [1.29, 1.82) is 0 Å². The standard InChI is InChI=1S/C26H23N7O3/c1-3-18-11-7-9-15-21(18)35-22-16-10-8-14-20(22)26-29-27-23(36-26)17-34-30-24(19-12-5-4-6-13-19)25-28-31-32-33(25)2/h4-16H,3,17H2,1-2H3/b30-24-. The number of aryl methyl sites for hydroxylation is 2. The van der Waals surface area contributed by atoms with Crippen molar-refractivity contribution >= 4 is 5.71 Å². The molecule has 10 heteroatoms. The number of aromatic nitrogens is 6. The molecule has 0 saturated carbocycles. The van der Waals surface area contributed by atoms with E-state index in [-0.39, 0.29) is 12.5 Å². The van der Waals surface area contributed by atoms with E-state index in [1.54, 1.807) is 7.05 Å². The third-order valence-electron chi connectivity index (χ3n) is 5.38. The van der Waals surface area contributed by atoms with E-state index in [1.807, 2.05) is 78.9 Å². The van der Waals surface area contributed by atoms with Crippen molar-refractivity contribution in [1.82, 2.24) is 30.4 Å². The summed E-state index contributed by atoms with van der Waals surface area (Å²) in [4.78, 5) is 5.57. The van der Waals surface area contributed by atoms with E-state index in [0.29, 0.717) is 28.7 Å². The summed E-state index contributed by atoms with van der Waals surface area (Å²) in [5.41, 5.74) is 3.08. The number of ether oxygens (including phenoxy) is 1. The summed E-state index contributed by atoms with van der Waals surface area (Å²) in [5.74, 6) is 2.46. The van der Waals surface area contributed by atoms with Crippen LogP contribution in [0, 0.1) is 0 Å². The molecular formula is C26H23N7O3. The van der Waals surface area contributed by atoms with Crippen LogP contribution in [0.5, 0.6) is 11.5 Å². The lowest BCUT2D eigenvalue weighted by Crippen LogP contribution is -2.12. The summed E-state index contributed by atoms with van der Waals surface area (Å²) in [5, 5.41) is 24.2. The van der Waals surface area contributed by atoms with Crippen LogP contribution in [0.2, 0.25) is 0 Å². The lowest BCUT2D eigenvalue weighted by atomic mass is 10.1. The molecule has 0 radical (unpaired) electrons. The molecule has 10 nitrogen and oxygen atoms in total. The zero-order valence-electron chi connectivity index (χ0n) is 19.8. The molecule has 180 valence electrons. The molecule has 2 aromatic heterocycles. The van der Waals surface area contributed by atoms with Gasteiger partial charge >= 0.3 is 0 Å². The Bertz CT molecular complexity index is 1480. The fourth-order valence-electron chi connectivity index (χ4n) is 3.57. The summed E-state index contributed by atoms with van der Waals surface area (Å²) in [6, 6.07) is 25.0. The molecule has 0 aliphatic heterocycles. The van der Waals surface area contributed by atoms with E-state index in [0.717, 1.165) is 23.3 Å². The lowest BCUT2D eigenvalue weighted by molar-refractivity contribution is 0.111. The molecule has 36 heavy (non-hydrogen) atoms. The first-order valence-corrected chi connectivity index (χ1v) is 11.4. The van der Waals surface area contributed by atoms with Crippen LogP contribution in [0.15, 0.2) is 88.4 Å². The van der Waals surface area contributed by atoms with Gasteiger partial charge in [-0.05, 0) is 40.6 Å². The number of nitrogens with zero attached hydrogens (tertiary/aromatic N) is 7. The van der Waals surface area contributed by atoms with Gasteiger partial charge in [0.05, 0.1) is 5.56 Å². The van der Waals surface area contributed by atoms with E-state index >= 15 is 0 Å². The van der Waals surface area contributed by atoms with Crippen LogP contribution < -0.4 is 4.74 Å². The topological polar surface area (TPSA) is 113 Å². The molecule has 0 saturated heterocycles. The van der Waals surface area contributed by atoms with Crippen LogP contribution in [0.4, 0.5) is 0 Å². The van der Waals surface area contributed by atoms with Crippen LogP contribution in [0.3, 0.4) is 0 Å². The van der Waals surface area contributed by atoms with Crippen LogP contribution in [-0.2, 0) is 24.9 Å². The molecule has 0 amide bonds. The van der Waals surface area contributed by atoms with Gasteiger partial charge in [0, 0.05) is 12.6 Å². The molecule has 0 fully saturated rings. The average Bonchev–Trinajstić information content (AvgIpc) is 3.57. The molecule has 5 aromatic rings. The Kier molecular flexibility index (Phi) is 6.74. The molecule has 2 heterocycles. The van der Waals surface area contributed by atoms with Crippen molar-refractivity contribution in [3.63, 3.8) is 0 Å². The van der Waals surface area contributed by atoms with Gasteiger partial charge in [0.25, 0.3) is 11.8 Å². The Morgan fingerprint density at radius 1 is 0.889 bits per heavy atom. The minimum absolute atomic E-state index is 0.0314. The monoisotopic (exact) mass is 481 g/mol. The SMILES string of the molecule is CCc1ccccc1Oc1ccccc1-c1nnc(CO/N=C(/c2ccccc2)c2nnnn2C)o1. The van der Waals surface area contributed by atoms with Crippen molar-refractivity contribution in [3.05, 3.63) is 102 Å². The average molecular weight is 482 g/mol. The number of rotatable bonds is 9. The van der Waals surface area contributed by atoms with Crippen molar-refractivity contribution in [2.75, 3.05) is 0 Å². The number of benzene rings is 3. The predicted molar refractivity (Wildman–Crippen MR) is 131 cm³/mol. The summed E-state index contributed by atoms with van der Waals surface area (Å²) in [7, 11) is 1.73. The van der Waals surface area contributed by atoms with Gasteiger partial charge in [0.1, 0.15) is 11.5 Å². The second-order valence-electron chi connectivity index (χ2n) is 7.77. The first-order valence-electron chi connectivity index (χ1n) is 11.4. The lowest BCUT2D eigenvalue weighted by Gasteiger charge is -2.11. The maximum absolute atomic E-state index is 6.21. The van der Waals surface area contributed by atoms with E-state index in [2.05, 4.69) is 37.8 Å². The first kappa shape index (κ1) is 22.9. The highest BCUT2D eigenvalue weighted by molar-refractivity contribution is 6.10. The molecule has 0 N–H and O–H groups in total. The molecule has 0 aliphatic carbocycles. The Labute approximate surface area is 207 Å². The van der Waals surface area contributed by atoms with Crippen LogP contribution in [-0.4, -0.2) is 36.1 Å². The van der Waals surface area contributed by atoms with Crippen LogP contribution in [0.1, 0.15) is 29.8 Å². The molecule has 0 spiro atoms. The Morgan fingerprint density at radius 3 is 2.42 bits per heavy atom. The predicted octanol–water partition coefficient (Wildman–Crippen LogP) is 4.58. The van der Waals surface area contributed by atoms with Crippen LogP contribution >= 0.6 is 0 Å². The Hall–Kier alpha value is -4.86. The van der Waals surface area contributed by atoms with E-state index in [9.17, 15) is 0 Å². The van der Waals surface area contributed by atoms with Gasteiger partial charge < -0.3 is 14.0 Å². The fourth-order valence-corrected chi connectivity index (χ4v) is 3.57. The minimum atomic E-state index is -0.0314. The molecule has 5 rings (SSSR count). The largest absolute Gasteiger partial charge is 0.456 e. The minimum Gasteiger partial charge on any atom is -0.456 e. The smallest absolute Gasteiger partial charge is 0.257 e. The number of oxime groups is 1. The number of para-hydroxylation sites is 2. The summed E-state index contributed by atoms with van der Waals surface area (Å²) in [6.07, 6.45) is 0.857. The molecule has 3 aromatic carbocycles. The quantitative estimate of drug-likeness (QED) is 0.222. The van der Waals surface area contributed by atoms with Gasteiger partial charge in [-0.2, -0.15) is 0 Å². The highest BCUT2D eigenvalue weighted by atomic mass is 16.6. The van der Waals surface area contributed by atoms with Crippen molar-refractivity contribution in [2.45, 2.75) is 20.0 Å². The molecule has 0 bridgehead atoms. The highest BCUT2D eigenvalue weighted by Crippen LogP contribution is 2.34. The van der Waals surface area contributed by atoms with Crippen molar-refractivity contribution in [3.8, 4) is 23.0 Å². The van der Waals surface area contributed by atoms with Crippen molar-refractivity contribution in [2.24, 2.45) is 12.2 Å². The van der Waals surface area contributed by atoms with E-state index in [1.165, 1.54) is 4.68 Å². The number of hydrogen-bond donors (Lipinski definition) is 0. The first-order chi connectivity index (χ1) is 17.7.